The third-order valence-corrected chi connectivity index (χ3v) is 5.35. The molecule has 8 heteroatoms. The topological polar surface area (TPSA) is 88.3 Å². The Morgan fingerprint density at radius 1 is 1.43 bits per heavy atom. The number of hydrogen-bond acceptors (Lipinski definition) is 6. The van der Waals surface area contributed by atoms with Crippen LogP contribution in [0.2, 0.25) is 0 Å². The number of rotatable bonds is 3. The predicted octanol–water partition coefficient (Wildman–Crippen LogP) is 0.760. The first kappa shape index (κ1) is 14.4. The summed E-state index contributed by atoms with van der Waals surface area (Å²) in [7, 11) is -1.61. The summed E-state index contributed by atoms with van der Waals surface area (Å²) in [4.78, 5) is 6.27. The Balaban J connectivity index is 1.91. The van der Waals surface area contributed by atoms with E-state index in [1.165, 1.54) is 6.20 Å². The molecule has 2 atom stereocenters. The second-order valence-electron chi connectivity index (χ2n) is 5.72. The molecule has 0 aliphatic carbocycles. The fraction of sp³-hybridized carbons (Fsp3) is 0.538. The molecule has 2 aromatic rings. The van der Waals surface area contributed by atoms with Crippen molar-refractivity contribution in [2.24, 2.45) is 5.92 Å². The van der Waals surface area contributed by atoms with Gasteiger partial charge in [0.15, 0.2) is 0 Å². The highest BCUT2D eigenvalue weighted by Gasteiger charge is 2.31. The predicted molar refractivity (Wildman–Crippen MR) is 77.3 cm³/mol. The Bertz CT molecular complexity index is 771. The largest absolute Gasteiger partial charge is 0.336 e. The SMILES string of the molecule is Cc1noc2ncc(S(=O)(=O)NC3CN(C)CC3C)cc12. The molecule has 1 N–H and O–H groups in total. The monoisotopic (exact) mass is 310 g/mol. The smallest absolute Gasteiger partial charge is 0.257 e. The van der Waals surface area contributed by atoms with Crippen molar-refractivity contribution < 1.29 is 12.9 Å². The lowest BCUT2D eigenvalue weighted by molar-refractivity contribution is 0.400. The van der Waals surface area contributed by atoms with Gasteiger partial charge in [0.1, 0.15) is 4.90 Å². The van der Waals surface area contributed by atoms with Crippen LogP contribution < -0.4 is 4.72 Å². The molecule has 1 saturated heterocycles. The Labute approximate surface area is 123 Å². The first-order chi connectivity index (χ1) is 9.87. The number of likely N-dealkylation sites (tertiary alicyclic amines) is 1. The third kappa shape index (κ3) is 2.66. The fourth-order valence-electron chi connectivity index (χ4n) is 2.70. The third-order valence-electron chi connectivity index (χ3n) is 3.90. The van der Waals surface area contributed by atoms with Crippen LogP contribution in [0.25, 0.3) is 11.1 Å². The van der Waals surface area contributed by atoms with Gasteiger partial charge in [-0.2, -0.15) is 0 Å². The molecule has 0 spiro atoms. The number of hydrogen-bond donors (Lipinski definition) is 1. The van der Waals surface area contributed by atoms with Gasteiger partial charge in [0.25, 0.3) is 5.71 Å². The molecule has 114 valence electrons. The van der Waals surface area contributed by atoms with E-state index < -0.39 is 10.0 Å². The van der Waals surface area contributed by atoms with Crippen molar-refractivity contribution in [2.45, 2.75) is 24.8 Å². The van der Waals surface area contributed by atoms with E-state index in [0.29, 0.717) is 23.3 Å². The van der Waals surface area contributed by atoms with Gasteiger partial charge in [0.05, 0.1) is 17.3 Å². The van der Waals surface area contributed by atoms with Crippen molar-refractivity contribution in [3.63, 3.8) is 0 Å². The lowest BCUT2D eigenvalue weighted by Gasteiger charge is -2.16. The highest BCUT2D eigenvalue weighted by Crippen LogP contribution is 2.21. The molecule has 1 aliphatic heterocycles. The Hall–Kier alpha value is -1.51. The van der Waals surface area contributed by atoms with Crippen molar-refractivity contribution in [3.8, 4) is 0 Å². The van der Waals surface area contributed by atoms with E-state index >= 15 is 0 Å². The molecule has 0 bridgehead atoms. The number of nitrogens with one attached hydrogen (secondary N) is 1. The maximum absolute atomic E-state index is 12.5. The molecule has 3 rings (SSSR count). The normalized spacial score (nSPS) is 24.0. The molecule has 1 fully saturated rings. The fourth-order valence-corrected chi connectivity index (χ4v) is 4.01. The van der Waals surface area contributed by atoms with Crippen LogP contribution in [-0.4, -0.2) is 49.6 Å². The van der Waals surface area contributed by atoms with Crippen molar-refractivity contribution >= 4 is 21.1 Å². The summed E-state index contributed by atoms with van der Waals surface area (Å²) in [5, 5.41) is 4.40. The highest BCUT2D eigenvalue weighted by molar-refractivity contribution is 7.89. The number of fused-ring (bicyclic) bond motifs is 1. The molecule has 0 aromatic carbocycles. The average Bonchev–Trinajstić information content (AvgIpc) is 2.93. The summed E-state index contributed by atoms with van der Waals surface area (Å²) >= 11 is 0. The number of aromatic nitrogens is 2. The van der Waals surface area contributed by atoms with E-state index in [-0.39, 0.29) is 16.9 Å². The minimum Gasteiger partial charge on any atom is -0.336 e. The zero-order valence-electron chi connectivity index (χ0n) is 12.2. The van der Waals surface area contributed by atoms with Crippen LogP contribution in [-0.2, 0) is 10.0 Å². The van der Waals surface area contributed by atoms with Gasteiger partial charge in [-0.1, -0.05) is 12.1 Å². The second kappa shape index (κ2) is 5.04. The molecule has 0 radical (unpaired) electrons. The van der Waals surface area contributed by atoms with Crippen molar-refractivity contribution in [1.82, 2.24) is 19.8 Å². The summed E-state index contributed by atoms with van der Waals surface area (Å²) in [6.45, 7) is 5.39. The summed E-state index contributed by atoms with van der Waals surface area (Å²) < 4.78 is 32.8. The van der Waals surface area contributed by atoms with E-state index in [1.807, 2.05) is 14.0 Å². The van der Waals surface area contributed by atoms with E-state index in [0.717, 1.165) is 6.54 Å². The maximum atomic E-state index is 12.5. The van der Waals surface area contributed by atoms with Crippen LogP contribution in [0.3, 0.4) is 0 Å². The number of aryl methyl sites for hydroxylation is 1. The molecule has 3 heterocycles. The molecular formula is C13H18N4O3S. The molecule has 21 heavy (non-hydrogen) atoms. The summed E-state index contributed by atoms with van der Waals surface area (Å²) in [5.41, 5.74) is 0.976. The minimum atomic E-state index is -3.59. The van der Waals surface area contributed by atoms with Gasteiger partial charge in [-0.15, -0.1) is 0 Å². The van der Waals surface area contributed by atoms with Gasteiger partial charge in [-0.3, -0.25) is 0 Å². The van der Waals surface area contributed by atoms with E-state index in [2.05, 4.69) is 19.8 Å². The first-order valence-electron chi connectivity index (χ1n) is 6.80. The van der Waals surface area contributed by atoms with Crippen LogP contribution in [0.4, 0.5) is 0 Å². The highest BCUT2D eigenvalue weighted by atomic mass is 32.2. The number of nitrogens with zero attached hydrogens (tertiary/aromatic N) is 3. The van der Waals surface area contributed by atoms with Crippen LogP contribution in [0.15, 0.2) is 21.7 Å². The minimum absolute atomic E-state index is 0.0840. The Morgan fingerprint density at radius 3 is 2.86 bits per heavy atom. The Morgan fingerprint density at radius 2 is 2.19 bits per heavy atom. The van der Waals surface area contributed by atoms with Gasteiger partial charge in [-0.25, -0.2) is 18.1 Å². The summed E-state index contributed by atoms with van der Waals surface area (Å²) in [6.07, 6.45) is 1.30. The molecule has 0 amide bonds. The van der Waals surface area contributed by atoms with Gasteiger partial charge in [-0.05, 0) is 26.0 Å². The zero-order valence-corrected chi connectivity index (χ0v) is 13.0. The standard InChI is InChI=1S/C13H18N4O3S/c1-8-6-17(3)7-12(8)16-21(18,19)10-4-11-9(2)15-20-13(11)14-5-10/h4-5,8,12,16H,6-7H2,1-3H3. The van der Waals surface area contributed by atoms with Gasteiger partial charge in [0, 0.05) is 19.1 Å². The average molecular weight is 310 g/mol. The molecule has 7 nitrogen and oxygen atoms in total. The zero-order chi connectivity index (χ0) is 15.2. The van der Waals surface area contributed by atoms with Crippen molar-refractivity contribution in [2.75, 3.05) is 20.1 Å². The van der Waals surface area contributed by atoms with Gasteiger partial charge >= 0.3 is 0 Å². The number of pyridine rings is 1. The number of likely N-dealkylation sites (N-methyl/N-ethyl adjacent to an activating group) is 1. The summed E-state index contributed by atoms with van der Waals surface area (Å²) in [6, 6.07) is 1.47. The second-order valence-corrected chi connectivity index (χ2v) is 7.43. The van der Waals surface area contributed by atoms with Crippen LogP contribution in [0.1, 0.15) is 12.6 Å². The quantitative estimate of drug-likeness (QED) is 0.900. The molecule has 0 saturated carbocycles. The summed E-state index contributed by atoms with van der Waals surface area (Å²) in [5.74, 6) is 0.277. The molecular weight excluding hydrogens is 292 g/mol. The lowest BCUT2D eigenvalue weighted by atomic mass is 10.1. The van der Waals surface area contributed by atoms with E-state index in [4.69, 9.17) is 4.52 Å². The first-order valence-corrected chi connectivity index (χ1v) is 8.28. The van der Waals surface area contributed by atoms with Crippen LogP contribution >= 0.6 is 0 Å². The molecule has 2 unspecified atom stereocenters. The van der Waals surface area contributed by atoms with Gasteiger partial charge < -0.3 is 9.42 Å². The molecule has 1 aliphatic rings. The van der Waals surface area contributed by atoms with Crippen LogP contribution in [0.5, 0.6) is 0 Å². The van der Waals surface area contributed by atoms with Gasteiger partial charge in [0.2, 0.25) is 10.0 Å². The van der Waals surface area contributed by atoms with Crippen molar-refractivity contribution in [1.29, 1.82) is 0 Å². The Kier molecular flexibility index (Phi) is 3.46. The maximum Gasteiger partial charge on any atom is 0.257 e. The van der Waals surface area contributed by atoms with Crippen molar-refractivity contribution in [3.05, 3.63) is 18.0 Å². The van der Waals surface area contributed by atoms with E-state index in [1.54, 1.807) is 13.0 Å². The lowest BCUT2D eigenvalue weighted by Crippen LogP contribution is -2.39. The number of sulfonamides is 1. The molecule has 2 aromatic heterocycles. The van der Waals surface area contributed by atoms with E-state index in [9.17, 15) is 8.42 Å². The van der Waals surface area contributed by atoms with Crippen LogP contribution in [0, 0.1) is 12.8 Å².